The van der Waals surface area contributed by atoms with E-state index in [9.17, 15) is 22.0 Å². The highest BCUT2D eigenvalue weighted by molar-refractivity contribution is 7.89. The second kappa shape index (κ2) is 7.47. The van der Waals surface area contributed by atoms with Crippen molar-refractivity contribution < 1.29 is 32.9 Å². The van der Waals surface area contributed by atoms with E-state index in [1.54, 1.807) is 30.3 Å². The minimum atomic E-state index is -3.82. The molecule has 1 saturated carbocycles. The zero-order chi connectivity index (χ0) is 24.3. The lowest BCUT2D eigenvalue weighted by atomic mass is 9.94. The first-order valence-corrected chi connectivity index (χ1v) is 11.8. The molecule has 0 bridgehead atoms. The van der Waals surface area contributed by atoms with Crippen LogP contribution in [-0.4, -0.2) is 25.6 Å². The van der Waals surface area contributed by atoms with Crippen LogP contribution in [0.25, 0.3) is 11.3 Å². The molecule has 0 radical (unpaired) electrons. The number of carbonyl (C=O) groups excluding carboxylic acids is 1. The zero-order valence-electron chi connectivity index (χ0n) is 17.8. The molecule has 0 unspecified atom stereocenters. The number of amides is 1. The monoisotopic (exact) mass is 489 g/mol. The molecule has 0 spiro atoms. The number of hydrogen-bond donors (Lipinski definition) is 2. The summed E-state index contributed by atoms with van der Waals surface area (Å²) in [5.41, 5.74) is 1.71. The standard InChI is InChI=1S/C23H19F2N3O5S.H2/c1-13-2-9-19(27-20(13)14-3-6-16(7-4-14)34(26,30)31)28-21(29)22(10-11-22)15-5-8-17-18(12-15)33-23(24,25)32-17;/h2-9,12H,10-11H2,1H3,(H2,26,30,31)(H,27,28,29);1H. The Kier molecular flexibility index (Phi) is 4.88. The van der Waals surface area contributed by atoms with Crippen LogP contribution < -0.4 is 19.9 Å². The molecule has 5 rings (SSSR count). The van der Waals surface area contributed by atoms with E-state index < -0.39 is 21.7 Å². The fourth-order valence-corrected chi connectivity index (χ4v) is 4.46. The van der Waals surface area contributed by atoms with Crippen molar-refractivity contribution in [1.29, 1.82) is 0 Å². The fourth-order valence-electron chi connectivity index (χ4n) is 3.95. The third-order valence-corrected chi connectivity index (χ3v) is 6.86. The van der Waals surface area contributed by atoms with E-state index in [4.69, 9.17) is 5.14 Å². The van der Waals surface area contributed by atoms with Crippen LogP contribution in [0.2, 0.25) is 0 Å². The molecule has 1 aromatic heterocycles. The van der Waals surface area contributed by atoms with Gasteiger partial charge in [0.15, 0.2) is 11.5 Å². The molecule has 11 heteroatoms. The molecule has 3 aromatic rings. The summed E-state index contributed by atoms with van der Waals surface area (Å²) in [6.45, 7) is 1.84. The van der Waals surface area contributed by atoms with E-state index in [0.29, 0.717) is 35.5 Å². The zero-order valence-corrected chi connectivity index (χ0v) is 18.7. The predicted octanol–water partition coefficient (Wildman–Crippen LogP) is 3.94. The van der Waals surface area contributed by atoms with Gasteiger partial charge >= 0.3 is 6.29 Å². The predicted molar refractivity (Wildman–Crippen MR) is 120 cm³/mol. The second-order valence-corrected chi connectivity index (χ2v) is 9.86. The Bertz CT molecular complexity index is 1430. The van der Waals surface area contributed by atoms with Crippen LogP contribution in [0.15, 0.2) is 59.5 Å². The number of alkyl halides is 2. The number of sulfonamides is 1. The maximum atomic E-state index is 13.3. The Labute approximate surface area is 195 Å². The Balaban J connectivity index is 0.00000289. The summed E-state index contributed by atoms with van der Waals surface area (Å²) in [7, 11) is -3.82. The van der Waals surface area contributed by atoms with E-state index in [-0.39, 0.29) is 23.7 Å². The van der Waals surface area contributed by atoms with Gasteiger partial charge in [-0.2, -0.15) is 0 Å². The number of primary sulfonamides is 1. The van der Waals surface area contributed by atoms with Crippen molar-refractivity contribution in [1.82, 2.24) is 4.98 Å². The van der Waals surface area contributed by atoms with Gasteiger partial charge in [0.2, 0.25) is 15.9 Å². The van der Waals surface area contributed by atoms with Crippen LogP contribution in [0, 0.1) is 6.92 Å². The first-order chi connectivity index (χ1) is 16.0. The number of pyridine rings is 1. The molecule has 3 N–H and O–H groups in total. The van der Waals surface area contributed by atoms with Gasteiger partial charge in [-0.05, 0) is 61.2 Å². The normalized spacial score (nSPS) is 17.3. The lowest BCUT2D eigenvalue weighted by Crippen LogP contribution is -2.28. The molecule has 1 aliphatic heterocycles. The summed E-state index contributed by atoms with van der Waals surface area (Å²) < 4.78 is 58.6. The number of rotatable bonds is 5. The molecule has 178 valence electrons. The van der Waals surface area contributed by atoms with Crippen LogP contribution in [0.1, 0.15) is 25.4 Å². The van der Waals surface area contributed by atoms with Crippen molar-refractivity contribution in [3.63, 3.8) is 0 Å². The van der Waals surface area contributed by atoms with Crippen LogP contribution in [0.4, 0.5) is 14.6 Å². The number of halogens is 2. The van der Waals surface area contributed by atoms with Crippen LogP contribution in [0.3, 0.4) is 0 Å². The summed E-state index contributed by atoms with van der Waals surface area (Å²) >= 11 is 0. The minimum absolute atomic E-state index is 0. The van der Waals surface area contributed by atoms with Gasteiger partial charge in [-0.25, -0.2) is 18.5 Å². The maximum Gasteiger partial charge on any atom is 0.586 e. The summed E-state index contributed by atoms with van der Waals surface area (Å²) in [4.78, 5) is 17.7. The molecular weight excluding hydrogens is 468 g/mol. The molecule has 2 heterocycles. The van der Waals surface area contributed by atoms with E-state index in [2.05, 4.69) is 19.8 Å². The van der Waals surface area contributed by atoms with E-state index >= 15 is 0 Å². The Morgan fingerprint density at radius 2 is 1.74 bits per heavy atom. The summed E-state index contributed by atoms with van der Waals surface area (Å²) in [6.07, 6.45) is -2.64. The first-order valence-electron chi connectivity index (χ1n) is 10.3. The van der Waals surface area contributed by atoms with Gasteiger partial charge in [-0.15, -0.1) is 8.78 Å². The number of nitrogens with two attached hydrogens (primary N) is 1. The minimum Gasteiger partial charge on any atom is -0.395 e. The van der Waals surface area contributed by atoms with Crippen molar-refractivity contribution >= 4 is 21.7 Å². The smallest absolute Gasteiger partial charge is 0.395 e. The number of benzene rings is 2. The van der Waals surface area contributed by atoms with E-state index in [1.165, 1.54) is 24.3 Å². The molecule has 2 aliphatic rings. The Morgan fingerprint density at radius 1 is 1.06 bits per heavy atom. The largest absolute Gasteiger partial charge is 0.586 e. The molecule has 2 aromatic carbocycles. The molecule has 0 atom stereocenters. The van der Waals surface area contributed by atoms with Gasteiger partial charge in [0, 0.05) is 6.99 Å². The summed E-state index contributed by atoms with van der Waals surface area (Å²) in [5, 5.41) is 7.96. The van der Waals surface area contributed by atoms with Crippen molar-refractivity contribution in [2.24, 2.45) is 5.14 Å². The van der Waals surface area contributed by atoms with Crippen LogP contribution >= 0.6 is 0 Å². The van der Waals surface area contributed by atoms with Gasteiger partial charge in [0.05, 0.1) is 16.0 Å². The Hall–Kier alpha value is -3.57. The fraction of sp³-hybridized carbons (Fsp3) is 0.217. The number of aryl methyl sites for hydroxylation is 1. The average molecular weight is 490 g/mol. The van der Waals surface area contributed by atoms with Crippen LogP contribution in [0.5, 0.6) is 11.5 Å². The number of anilines is 1. The summed E-state index contributed by atoms with van der Waals surface area (Å²) in [6, 6.07) is 13.8. The number of ether oxygens (including phenoxy) is 2. The van der Waals surface area contributed by atoms with Gasteiger partial charge < -0.3 is 14.8 Å². The highest BCUT2D eigenvalue weighted by Crippen LogP contribution is 2.52. The van der Waals surface area contributed by atoms with Crippen molar-refractivity contribution in [2.45, 2.75) is 36.4 Å². The molecule has 34 heavy (non-hydrogen) atoms. The quantitative estimate of drug-likeness (QED) is 0.560. The Morgan fingerprint density at radius 3 is 2.38 bits per heavy atom. The van der Waals surface area contributed by atoms with Gasteiger partial charge in [0.25, 0.3) is 0 Å². The molecule has 8 nitrogen and oxygen atoms in total. The lowest BCUT2D eigenvalue weighted by molar-refractivity contribution is -0.286. The lowest BCUT2D eigenvalue weighted by Gasteiger charge is -2.17. The first kappa shape index (κ1) is 22.2. The van der Waals surface area contributed by atoms with E-state index in [1.807, 2.05) is 6.92 Å². The molecular formula is C23H21F2N3O5S. The number of aromatic nitrogens is 1. The highest BCUT2D eigenvalue weighted by atomic mass is 32.2. The number of carbonyl (C=O) groups is 1. The van der Waals surface area contributed by atoms with Crippen molar-refractivity contribution in [3.8, 4) is 22.8 Å². The average Bonchev–Trinajstić information content (AvgIpc) is 3.52. The second-order valence-electron chi connectivity index (χ2n) is 8.30. The molecule has 0 saturated heterocycles. The number of fused-ring (bicyclic) bond motifs is 1. The summed E-state index contributed by atoms with van der Waals surface area (Å²) in [5.74, 6) is -0.201. The van der Waals surface area contributed by atoms with Crippen molar-refractivity contribution in [3.05, 3.63) is 65.7 Å². The maximum absolute atomic E-state index is 13.3. The van der Waals surface area contributed by atoms with Crippen molar-refractivity contribution in [2.75, 3.05) is 5.32 Å². The number of nitrogens with one attached hydrogen (secondary N) is 1. The van der Waals surface area contributed by atoms with Crippen LogP contribution in [-0.2, 0) is 20.2 Å². The third kappa shape index (κ3) is 3.97. The van der Waals surface area contributed by atoms with Gasteiger partial charge in [-0.1, -0.05) is 24.3 Å². The molecule has 1 amide bonds. The van der Waals surface area contributed by atoms with E-state index in [0.717, 1.165) is 5.56 Å². The van der Waals surface area contributed by atoms with Gasteiger partial charge in [-0.3, -0.25) is 4.79 Å². The third-order valence-electron chi connectivity index (χ3n) is 5.93. The number of hydrogen-bond acceptors (Lipinski definition) is 6. The highest BCUT2D eigenvalue weighted by Gasteiger charge is 2.53. The van der Waals surface area contributed by atoms with Gasteiger partial charge in [0.1, 0.15) is 5.82 Å². The topological polar surface area (TPSA) is 121 Å². The molecule has 1 fully saturated rings. The molecule has 1 aliphatic carbocycles. The number of nitrogens with zero attached hydrogens (tertiary/aromatic N) is 1. The SMILES string of the molecule is Cc1ccc(NC(=O)C2(c3ccc4c(c3)OC(F)(F)O4)CC2)nc1-c1ccc(S(N)(=O)=O)cc1.[HH].